The molecule has 0 bridgehead atoms. The summed E-state index contributed by atoms with van der Waals surface area (Å²) < 4.78 is 21.9. The van der Waals surface area contributed by atoms with Crippen molar-refractivity contribution < 1.29 is 18.8 Å². The first kappa shape index (κ1) is 17.9. The van der Waals surface area contributed by atoms with Gasteiger partial charge in [0.25, 0.3) is 0 Å². The van der Waals surface area contributed by atoms with E-state index in [0.29, 0.717) is 19.6 Å². The first-order valence-electron chi connectivity index (χ1n) is 7.50. The largest absolute Gasteiger partial charge is 0.466 e. The van der Waals surface area contributed by atoms with Gasteiger partial charge in [0.05, 0.1) is 21.0 Å². The number of ether oxygens (including phenoxy) is 2. The van der Waals surface area contributed by atoms with E-state index in [1.54, 1.807) is 6.92 Å². The molecule has 0 aromatic heterocycles. The van der Waals surface area contributed by atoms with Gasteiger partial charge in [-0.2, -0.15) is 0 Å². The van der Waals surface area contributed by atoms with E-state index < -0.39 is 20.2 Å². The van der Waals surface area contributed by atoms with Gasteiger partial charge in [0, 0.05) is 6.61 Å². The number of hydrogen-bond donors (Lipinski definition) is 0. The summed E-state index contributed by atoms with van der Waals surface area (Å²) in [7, 11) is -1.16. The molecular formula is C16H25O4P. The van der Waals surface area contributed by atoms with Crippen LogP contribution in [-0.2, 0) is 25.3 Å². The Balaban J connectivity index is 2.59. The van der Waals surface area contributed by atoms with Crippen LogP contribution in [0.2, 0.25) is 0 Å². The third-order valence-corrected chi connectivity index (χ3v) is 4.23. The number of hydrogen-bond acceptors (Lipinski definition) is 4. The van der Waals surface area contributed by atoms with Crippen LogP contribution in [-0.4, -0.2) is 25.0 Å². The van der Waals surface area contributed by atoms with Crippen molar-refractivity contribution in [3.05, 3.63) is 35.9 Å². The maximum atomic E-state index is 12.0. The van der Waals surface area contributed by atoms with Crippen molar-refractivity contribution in [2.75, 3.05) is 13.2 Å². The number of carbonyl (C=O) groups is 1. The number of rotatable bonds is 10. The molecule has 0 saturated heterocycles. The molecule has 0 fully saturated rings. The van der Waals surface area contributed by atoms with Crippen molar-refractivity contribution in [3.8, 4) is 0 Å². The average molecular weight is 312 g/mol. The van der Waals surface area contributed by atoms with Crippen LogP contribution < -0.4 is 0 Å². The van der Waals surface area contributed by atoms with Gasteiger partial charge >= 0.3 is 5.97 Å². The van der Waals surface area contributed by atoms with Gasteiger partial charge in [0.15, 0.2) is 0 Å². The highest BCUT2D eigenvalue weighted by Crippen LogP contribution is 2.25. The van der Waals surface area contributed by atoms with Crippen molar-refractivity contribution >= 4 is 14.4 Å². The smallest absolute Gasteiger partial charge is 0.312 e. The molecular weight excluding hydrogens is 287 g/mol. The van der Waals surface area contributed by atoms with Gasteiger partial charge in [-0.25, -0.2) is 0 Å². The topological polar surface area (TPSA) is 52.6 Å². The molecule has 4 nitrogen and oxygen atoms in total. The minimum atomic E-state index is -1.16. The quantitative estimate of drug-likeness (QED) is 0.491. The molecule has 3 atom stereocenters. The van der Waals surface area contributed by atoms with E-state index in [2.05, 4.69) is 12.1 Å². The van der Waals surface area contributed by atoms with Gasteiger partial charge in [-0.3, -0.25) is 4.79 Å². The predicted molar refractivity (Wildman–Crippen MR) is 85.3 cm³/mol. The maximum absolute atomic E-state index is 12.0. The fourth-order valence-corrected chi connectivity index (χ4v) is 3.09. The monoisotopic (exact) mass is 312 g/mol. The van der Waals surface area contributed by atoms with Crippen LogP contribution in [0.15, 0.2) is 30.3 Å². The summed E-state index contributed by atoms with van der Waals surface area (Å²) >= 11 is 0. The summed E-state index contributed by atoms with van der Waals surface area (Å²) in [6.07, 6.45) is 2.37. The van der Waals surface area contributed by atoms with Gasteiger partial charge in [0.1, 0.15) is 5.85 Å². The van der Waals surface area contributed by atoms with E-state index in [0.717, 1.165) is 12.8 Å². The van der Waals surface area contributed by atoms with Crippen LogP contribution in [0.5, 0.6) is 0 Å². The van der Waals surface area contributed by atoms with E-state index in [4.69, 9.17) is 9.47 Å². The Bertz CT molecular complexity index is 422. The van der Waals surface area contributed by atoms with Crippen molar-refractivity contribution in [2.45, 2.75) is 39.0 Å². The second kappa shape index (κ2) is 10.6. The summed E-state index contributed by atoms with van der Waals surface area (Å²) in [4.78, 5) is 12.0. The van der Waals surface area contributed by atoms with Gasteiger partial charge in [-0.1, -0.05) is 30.3 Å². The molecule has 21 heavy (non-hydrogen) atoms. The molecule has 3 unspecified atom stereocenters. The number of benzene rings is 1. The van der Waals surface area contributed by atoms with E-state index in [9.17, 15) is 9.36 Å². The van der Waals surface area contributed by atoms with Gasteiger partial charge in [-0.05, 0) is 38.7 Å². The lowest BCUT2D eigenvalue weighted by Gasteiger charge is -2.21. The highest BCUT2D eigenvalue weighted by Gasteiger charge is 2.29. The molecule has 0 aliphatic heterocycles. The summed E-state index contributed by atoms with van der Waals surface area (Å²) in [5, 5.41) is 0. The molecule has 1 rings (SSSR count). The lowest BCUT2D eigenvalue weighted by Crippen LogP contribution is -2.29. The number of esters is 1. The first-order valence-corrected chi connectivity index (χ1v) is 8.64. The molecule has 0 heterocycles. The van der Waals surface area contributed by atoms with Gasteiger partial charge < -0.3 is 14.0 Å². The molecule has 1 aromatic carbocycles. The highest BCUT2D eigenvalue weighted by atomic mass is 31.1. The predicted octanol–water partition coefficient (Wildman–Crippen LogP) is 3.31. The Morgan fingerprint density at radius 3 is 2.48 bits per heavy atom. The standard InChI is InChI=1S/C16H25O4P/c1-3-19-15(17)14(16(21-18)20-4-2)12-8-11-13-9-6-5-7-10-13/h5-7,9-10,14,16H,3-4,8,11-12,21H2,1-2H3. The molecule has 1 aromatic rings. The third kappa shape index (κ3) is 6.45. The molecule has 118 valence electrons. The normalized spacial score (nSPS) is 14.2. The molecule has 0 aliphatic rings. The van der Waals surface area contributed by atoms with Crippen molar-refractivity contribution in [1.29, 1.82) is 0 Å². The molecule has 0 N–H and O–H groups in total. The molecule has 0 radical (unpaired) electrons. The zero-order valence-corrected chi connectivity index (χ0v) is 13.9. The van der Waals surface area contributed by atoms with Crippen molar-refractivity contribution in [3.63, 3.8) is 0 Å². The van der Waals surface area contributed by atoms with E-state index in [-0.39, 0.29) is 5.97 Å². The van der Waals surface area contributed by atoms with Crippen LogP contribution in [0.25, 0.3) is 0 Å². The molecule has 5 heteroatoms. The van der Waals surface area contributed by atoms with Crippen LogP contribution in [0.3, 0.4) is 0 Å². The minimum absolute atomic E-state index is 0.299. The average Bonchev–Trinajstić information content (AvgIpc) is 2.51. The molecule has 0 amide bonds. The Morgan fingerprint density at radius 2 is 1.90 bits per heavy atom. The summed E-state index contributed by atoms with van der Waals surface area (Å²) in [6, 6.07) is 10.1. The first-order chi connectivity index (χ1) is 10.2. The Labute approximate surface area is 128 Å². The second-order valence-corrected chi connectivity index (χ2v) is 5.72. The van der Waals surface area contributed by atoms with Crippen molar-refractivity contribution in [2.24, 2.45) is 5.92 Å². The summed E-state index contributed by atoms with van der Waals surface area (Å²) in [5.74, 6) is -1.24. The third-order valence-electron chi connectivity index (χ3n) is 3.30. The van der Waals surface area contributed by atoms with Crippen molar-refractivity contribution in [1.82, 2.24) is 0 Å². The summed E-state index contributed by atoms with van der Waals surface area (Å²) in [5.41, 5.74) is 1.24. The Kier molecular flexibility index (Phi) is 9.04. The lowest BCUT2D eigenvalue weighted by molar-refractivity contribution is -0.151. The lowest BCUT2D eigenvalue weighted by atomic mass is 10.00. The fraction of sp³-hybridized carbons (Fsp3) is 0.562. The van der Waals surface area contributed by atoms with E-state index in [1.807, 2.05) is 25.1 Å². The zero-order chi connectivity index (χ0) is 15.5. The SMILES string of the molecule is CCOC(=O)C(CCCc1ccccc1)C(OCC)[PH2]=O. The van der Waals surface area contributed by atoms with Crippen LogP contribution in [0.1, 0.15) is 32.3 Å². The summed E-state index contributed by atoms with van der Waals surface area (Å²) in [6.45, 7) is 4.41. The minimum Gasteiger partial charge on any atom is -0.466 e. The molecule has 0 saturated carbocycles. The molecule has 0 spiro atoms. The fourth-order valence-electron chi connectivity index (χ4n) is 2.28. The van der Waals surface area contributed by atoms with Crippen LogP contribution in [0.4, 0.5) is 0 Å². The van der Waals surface area contributed by atoms with E-state index >= 15 is 0 Å². The zero-order valence-electron chi connectivity index (χ0n) is 12.8. The van der Waals surface area contributed by atoms with Crippen LogP contribution in [0, 0.1) is 5.92 Å². The maximum Gasteiger partial charge on any atom is 0.312 e. The van der Waals surface area contributed by atoms with Crippen LogP contribution >= 0.6 is 8.46 Å². The van der Waals surface area contributed by atoms with Gasteiger partial charge in [-0.15, -0.1) is 0 Å². The number of carbonyl (C=O) groups excluding carboxylic acids is 1. The second-order valence-electron chi connectivity index (χ2n) is 4.79. The highest BCUT2D eigenvalue weighted by molar-refractivity contribution is 7.24. The number of aryl methyl sites for hydroxylation is 1. The van der Waals surface area contributed by atoms with Gasteiger partial charge in [0.2, 0.25) is 0 Å². The Morgan fingerprint density at radius 1 is 1.19 bits per heavy atom. The van der Waals surface area contributed by atoms with E-state index in [1.165, 1.54) is 5.56 Å². The Hall–Kier alpha value is -1.12. The molecule has 0 aliphatic carbocycles.